The highest BCUT2D eigenvalue weighted by Gasteiger charge is 2.64. The van der Waals surface area contributed by atoms with Crippen molar-refractivity contribution < 1.29 is 29.6 Å². The molecule has 1 aromatic rings. The second-order valence-corrected chi connectivity index (χ2v) is 7.04. The number of β-lactam (4-membered cyclic amide) rings is 1. The SMILES string of the molecule is O=C1C[C@H]2O/C(=C\CO)[C@](CCCCCCc3ccc(O)cc3)(C(=O)O)N12. The highest BCUT2D eigenvalue weighted by Crippen LogP contribution is 2.46. The van der Waals surface area contributed by atoms with E-state index >= 15 is 0 Å². The monoisotopic (exact) mass is 375 g/mol. The summed E-state index contributed by atoms with van der Waals surface area (Å²) in [6, 6.07) is 7.13. The Bertz CT molecular complexity index is 728. The molecule has 0 bridgehead atoms. The molecule has 0 aliphatic carbocycles. The molecule has 7 nitrogen and oxygen atoms in total. The minimum atomic E-state index is -1.49. The summed E-state index contributed by atoms with van der Waals surface area (Å²) in [7, 11) is 0. The highest BCUT2D eigenvalue weighted by molar-refractivity contribution is 5.94. The number of aliphatic carboxylic acids is 1. The van der Waals surface area contributed by atoms with Gasteiger partial charge in [0.1, 0.15) is 11.5 Å². The highest BCUT2D eigenvalue weighted by atomic mass is 16.5. The maximum atomic E-state index is 12.1. The minimum Gasteiger partial charge on any atom is -0.508 e. The van der Waals surface area contributed by atoms with Crippen LogP contribution in [0, 0.1) is 0 Å². The van der Waals surface area contributed by atoms with E-state index in [9.17, 15) is 24.9 Å². The van der Waals surface area contributed by atoms with Crippen LogP contribution in [0.15, 0.2) is 36.1 Å². The van der Waals surface area contributed by atoms with E-state index < -0.39 is 17.7 Å². The van der Waals surface area contributed by atoms with Crippen LogP contribution < -0.4 is 0 Å². The molecule has 3 rings (SSSR count). The molecule has 0 aromatic heterocycles. The molecule has 0 spiro atoms. The molecule has 2 heterocycles. The number of aliphatic hydroxyl groups is 1. The number of carboxylic acids is 1. The van der Waals surface area contributed by atoms with Crippen LogP contribution in [0.4, 0.5) is 0 Å². The van der Waals surface area contributed by atoms with E-state index in [1.165, 1.54) is 11.0 Å². The lowest BCUT2D eigenvalue weighted by atomic mass is 9.86. The van der Waals surface area contributed by atoms with Gasteiger partial charge < -0.3 is 20.1 Å². The molecular weight excluding hydrogens is 350 g/mol. The molecule has 2 aliphatic rings. The normalized spacial score (nSPS) is 25.2. The number of hydrogen-bond acceptors (Lipinski definition) is 5. The molecule has 2 aliphatic heterocycles. The molecule has 2 atom stereocenters. The zero-order chi connectivity index (χ0) is 19.4. The lowest BCUT2D eigenvalue weighted by molar-refractivity contribution is -0.171. The Morgan fingerprint density at radius 3 is 2.56 bits per heavy atom. The van der Waals surface area contributed by atoms with Gasteiger partial charge in [0, 0.05) is 0 Å². The fraction of sp³-hybridized carbons (Fsp3) is 0.500. The maximum Gasteiger partial charge on any atom is 0.337 e. The number of carbonyl (C=O) groups excluding carboxylic acids is 1. The molecule has 146 valence electrons. The van der Waals surface area contributed by atoms with Crippen LogP contribution in [0.2, 0.25) is 0 Å². The van der Waals surface area contributed by atoms with Crippen LogP contribution in [-0.4, -0.2) is 50.5 Å². The number of phenols is 1. The van der Waals surface area contributed by atoms with Gasteiger partial charge in [-0.15, -0.1) is 0 Å². The Morgan fingerprint density at radius 2 is 1.93 bits per heavy atom. The number of aryl methyl sites for hydroxylation is 1. The summed E-state index contributed by atoms with van der Waals surface area (Å²) in [4.78, 5) is 25.3. The number of nitrogens with zero attached hydrogens (tertiary/aromatic N) is 1. The van der Waals surface area contributed by atoms with E-state index in [1.54, 1.807) is 12.1 Å². The summed E-state index contributed by atoms with van der Waals surface area (Å²) in [6.07, 6.45) is 5.57. The smallest absolute Gasteiger partial charge is 0.337 e. The maximum absolute atomic E-state index is 12.1. The third-order valence-corrected chi connectivity index (χ3v) is 5.31. The summed E-state index contributed by atoms with van der Waals surface area (Å²) in [6.45, 7) is -0.328. The molecule has 2 fully saturated rings. The minimum absolute atomic E-state index is 0.178. The van der Waals surface area contributed by atoms with Crippen LogP contribution in [0.1, 0.15) is 44.1 Å². The molecule has 0 saturated carbocycles. The van der Waals surface area contributed by atoms with Crippen LogP contribution in [0.5, 0.6) is 5.75 Å². The van der Waals surface area contributed by atoms with E-state index in [2.05, 4.69) is 0 Å². The van der Waals surface area contributed by atoms with Gasteiger partial charge in [-0.3, -0.25) is 9.69 Å². The number of carboxylic acid groups (broad SMARTS) is 1. The summed E-state index contributed by atoms with van der Waals surface area (Å²) in [5, 5.41) is 28.3. The molecule has 3 N–H and O–H groups in total. The van der Waals surface area contributed by atoms with Gasteiger partial charge in [0.05, 0.1) is 13.0 Å². The number of fused-ring (bicyclic) bond motifs is 1. The van der Waals surface area contributed by atoms with Gasteiger partial charge in [-0.1, -0.05) is 31.4 Å². The molecule has 0 unspecified atom stereocenters. The predicted octanol–water partition coefficient (Wildman–Crippen LogP) is 2.17. The summed E-state index contributed by atoms with van der Waals surface area (Å²) in [5.74, 6) is -0.905. The zero-order valence-electron chi connectivity index (χ0n) is 15.1. The lowest BCUT2D eigenvalue weighted by Crippen LogP contribution is -2.62. The largest absolute Gasteiger partial charge is 0.508 e. The first-order valence-corrected chi connectivity index (χ1v) is 9.30. The molecule has 0 radical (unpaired) electrons. The van der Waals surface area contributed by atoms with Gasteiger partial charge in [0.15, 0.2) is 6.23 Å². The second kappa shape index (κ2) is 8.00. The van der Waals surface area contributed by atoms with Crippen LogP contribution in [0.3, 0.4) is 0 Å². The van der Waals surface area contributed by atoms with Crippen molar-refractivity contribution in [1.82, 2.24) is 4.90 Å². The van der Waals surface area contributed by atoms with Gasteiger partial charge >= 0.3 is 5.97 Å². The first-order chi connectivity index (χ1) is 13.0. The number of phenolic OH excluding ortho intramolecular Hbond substituents is 1. The summed E-state index contributed by atoms with van der Waals surface area (Å²) < 4.78 is 5.60. The number of hydrogen-bond donors (Lipinski definition) is 3. The topological polar surface area (TPSA) is 107 Å². The Morgan fingerprint density at radius 1 is 1.22 bits per heavy atom. The van der Waals surface area contributed by atoms with Crippen molar-refractivity contribution in [3.05, 3.63) is 41.7 Å². The Hall–Kier alpha value is -2.54. The quantitative estimate of drug-likeness (QED) is 0.451. The lowest BCUT2D eigenvalue weighted by Gasteiger charge is -2.40. The number of carbonyl (C=O) groups is 2. The van der Waals surface area contributed by atoms with Gasteiger partial charge in [0.25, 0.3) is 0 Å². The number of rotatable bonds is 9. The number of unbranched alkanes of at least 4 members (excludes halogenated alkanes) is 3. The van der Waals surface area contributed by atoms with Crippen LogP contribution in [-0.2, 0) is 20.7 Å². The van der Waals surface area contributed by atoms with E-state index in [0.717, 1.165) is 31.2 Å². The van der Waals surface area contributed by atoms with Gasteiger partial charge in [-0.05, 0) is 43.0 Å². The molecule has 1 aromatic carbocycles. The number of benzene rings is 1. The third-order valence-electron chi connectivity index (χ3n) is 5.31. The van der Waals surface area contributed by atoms with E-state index in [-0.39, 0.29) is 36.9 Å². The van der Waals surface area contributed by atoms with Crippen molar-refractivity contribution in [3.63, 3.8) is 0 Å². The van der Waals surface area contributed by atoms with Gasteiger partial charge in [-0.2, -0.15) is 0 Å². The molecule has 1 amide bonds. The average molecular weight is 375 g/mol. The van der Waals surface area contributed by atoms with Crippen molar-refractivity contribution in [2.75, 3.05) is 6.61 Å². The summed E-state index contributed by atoms with van der Waals surface area (Å²) in [5.41, 5.74) is -0.333. The van der Waals surface area contributed by atoms with E-state index in [1.807, 2.05) is 12.1 Å². The fourth-order valence-corrected chi connectivity index (χ4v) is 3.89. The molecule has 27 heavy (non-hydrogen) atoms. The van der Waals surface area contributed by atoms with Crippen molar-refractivity contribution in [2.45, 2.75) is 56.7 Å². The van der Waals surface area contributed by atoms with Crippen LogP contribution in [0.25, 0.3) is 0 Å². The Balaban J connectivity index is 1.54. The zero-order valence-corrected chi connectivity index (χ0v) is 15.1. The van der Waals surface area contributed by atoms with E-state index in [4.69, 9.17) is 4.74 Å². The molecule has 2 saturated heterocycles. The number of amides is 1. The number of aromatic hydroxyl groups is 1. The standard InChI is InChI=1S/C20H25NO6/c22-12-10-16-20(19(25)26,21-17(24)13-18(21)27-16)11-4-2-1-3-5-14-6-8-15(23)9-7-14/h6-10,18,22-23H,1-5,11-13H2,(H,25,26)/b16-10-/t18-,20-/m1/s1. The van der Waals surface area contributed by atoms with Crippen molar-refractivity contribution >= 4 is 11.9 Å². The fourth-order valence-electron chi connectivity index (χ4n) is 3.89. The third kappa shape index (κ3) is 3.64. The van der Waals surface area contributed by atoms with Crippen molar-refractivity contribution in [1.29, 1.82) is 0 Å². The van der Waals surface area contributed by atoms with Crippen LogP contribution >= 0.6 is 0 Å². The van der Waals surface area contributed by atoms with Gasteiger partial charge in [-0.25, -0.2) is 4.79 Å². The average Bonchev–Trinajstić information content (AvgIpc) is 2.88. The Kier molecular flexibility index (Phi) is 5.70. The van der Waals surface area contributed by atoms with E-state index in [0.29, 0.717) is 6.42 Å². The summed E-state index contributed by atoms with van der Waals surface area (Å²) >= 11 is 0. The Labute approximate surface area is 157 Å². The van der Waals surface area contributed by atoms with Crippen molar-refractivity contribution in [2.24, 2.45) is 0 Å². The van der Waals surface area contributed by atoms with Gasteiger partial charge in [0.2, 0.25) is 11.4 Å². The first kappa shape index (κ1) is 19.2. The number of ether oxygens (including phenoxy) is 1. The predicted molar refractivity (Wildman–Crippen MR) is 96.8 cm³/mol. The molecular formula is C20H25NO6. The second-order valence-electron chi connectivity index (χ2n) is 7.04. The first-order valence-electron chi connectivity index (χ1n) is 9.30. The van der Waals surface area contributed by atoms with Crippen molar-refractivity contribution in [3.8, 4) is 5.75 Å². The number of aliphatic hydroxyl groups excluding tert-OH is 1. The molecule has 7 heteroatoms.